The number of carbonyl (C=O) groups excluding carboxylic acids is 2. The van der Waals surface area contributed by atoms with Crippen molar-refractivity contribution in [1.29, 1.82) is 0 Å². The van der Waals surface area contributed by atoms with Crippen molar-refractivity contribution in [1.82, 2.24) is 0 Å². The molecule has 27 heavy (non-hydrogen) atoms. The minimum absolute atomic E-state index is 0.0654. The van der Waals surface area contributed by atoms with Crippen molar-refractivity contribution in [3.05, 3.63) is 11.1 Å². The van der Waals surface area contributed by atoms with Gasteiger partial charge in [-0.2, -0.15) is 0 Å². The summed E-state index contributed by atoms with van der Waals surface area (Å²) >= 11 is 3.52. The first-order valence-electron chi connectivity index (χ1n) is 9.99. The summed E-state index contributed by atoms with van der Waals surface area (Å²) in [4.78, 5) is 26.4. The van der Waals surface area contributed by atoms with Crippen molar-refractivity contribution >= 4 is 27.5 Å². The number of hydrogen-bond acceptors (Lipinski definition) is 5. The van der Waals surface area contributed by atoms with Crippen LogP contribution in [0.4, 0.5) is 0 Å². The predicted molar refractivity (Wildman–Crippen MR) is 101 cm³/mol. The van der Waals surface area contributed by atoms with Gasteiger partial charge in [-0.15, -0.1) is 0 Å². The van der Waals surface area contributed by atoms with E-state index >= 15 is 0 Å². The Morgan fingerprint density at radius 2 is 1.85 bits per heavy atom. The molecule has 0 aromatic carbocycles. The number of hydrogen-bond donors (Lipinski definition) is 3. The van der Waals surface area contributed by atoms with Crippen molar-refractivity contribution in [3.8, 4) is 0 Å². The van der Waals surface area contributed by atoms with Gasteiger partial charge in [-0.05, 0) is 49.0 Å². The first kappa shape index (κ1) is 18.5. The van der Waals surface area contributed by atoms with Gasteiger partial charge in [-0.1, -0.05) is 35.4 Å². The third-order valence-corrected chi connectivity index (χ3v) is 9.81. The van der Waals surface area contributed by atoms with Crippen LogP contribution in [-0.4, -0.2) is 50.5 Å². The monoisotopic (exact) mass is 438 g/mol. The predicted octanol–water partition coefficient (Wildman–Crippen LogP) is 1.62. The number of rotatable bonds is 1. The SMILES string of the molecule is CC1=C2C(=O)C34C(O)C(O)C5C(C)(C)CC(Br)C(=O)C5(CO)C3CCC1C24. The Labute approximate surface area is 167 Å². The zero-order valence-corrected chi connectivity index (χ0v) is 17.5. The Hall–Kier alpha value is -0.560. The van der Waals surface area contributed by atoms with Gasteiger partial charge in [0.25, 0.3) is 0 Å². The molecule has 4 saturated carbocycles. The van der Waals surface area contributed by atoms with Crippen LogP contribution in [0, 0.1) is 39.9 Å². The number of aliphatic hydroxyl groups excluding tert-OH is 3. The summed E-state index contributed by atoms with van der Waals surface area (Å²) in [7, 11) is 0. The van der Waals surface area contributed by atoms with Crippen molar-refractivity contribution in [2.45, 2.75) is 57.1 Å². The molecule has 3 N–H and O–H groups in total. The van der Waals surface area contributed by atoms with Gasteiger partial charge in [0.05, 0.1) is 34.5 Å². The topological polar surface area (TPSA) is 94.8 Å². The molecule has 5 aliphatic rings. The number of Topliss-reactive ketones (excluding diaryl/α,β-unsaturated/α-hetero) is 2. The van der Waals surface area contributed by atoms with E-state index in [1.807, 2.05) is 20.8 Å². The van der Waals surface area contributed by atoms with Gasteiger partial charge in [0.1, 0.15) is 0 Å². The van der Waals surface area contributed by atoms with Crippen LogP contribution < -0.4 is 0 Å². The largest absolute Gasteiger partial charge is 0.395 e. The van der Waals surface area contributed by atoms with E-state index in [4.69, 9.17) is 0 Å². The Morgan fingerprint density at radius 1 is 1.19 bits per heavy atom. The molecule has 4 fully saturated rings. The van der Waals surface area contributed by atoms with E-state index in [9.17, 15) is 24.9 Å². The summed E-state index contributed by atoms with van der Waals surface area (Å²) < 4.78 is 0. The van der Waals surface area contributed by atoms with Crippen LogP contribution in [0.3, 0.4) is 0 Å². The molecular weight excluding hydrogens is 412 g/mol. The fourth-order valence-electron chi connectivity index (χ4n) is 8.27. The molecule has 9 atom stereocenters. The molecule has 6 heteroatoms. The lowest BCUT2D eigenvalue weighted by atomic mass is 9.27. The lowest BCUT2D eigenvalue weighted by molar-refractivity contribution is -0.276. The van der Waals surface area contributed by atoms with Crippen LogP contribution in [0.5, 0.6) is 0 Å². The third kappa shape index (κ3) is 1.64. The number of aliphatic hydroxyl groups is 3. The summed E-state index contributed by atoms with van der Waals surface area (Å²) in [6.07, 6.45) is -0.343. The zero-order valence-electron chi connectivity index (χ0n) is 15.9. The van der Waals surface area contributed by atoms with Crippen LogP contribution >= 0.6 is 15.9 Å². The first-order valence-corrected chi connectivity index (χ1v) is 10.9. The van der Waals surface area contributed by atoms with E-state index in [-0.39, 0.29) is 30.0 Å². The second-order valence-electron chi connectivity index (χ2n) is 10.2. The summed E-state index contributed by atoms with van der Waals surface area (Å²) in [6, 6.07) is 0. The molecule has 5 aliphatic carbocycles. The van der Waals surface area contributed by atoms with Gasteiger partial charge in [0.15, 0.2) is 11.6 Å². The van der Waals surface area contributed by atoms with E-state index in [1.54, 1.807) is 0 Å². The first-order chi connectivity index (χ1) is 12.6. The second kappa shape index (κ2) is 5.13. The van der Waals surface area contributed by atoms with Crippen molar-refractivity contribution in [3.63, 3.8) is 0 Å². The molecule has 0 heterocycles. The molecular formula is C21H27BrO5. The third-order valence-electron chi connectivity index (χ3n) is 9.07. The maximum absolute atomic E-state index is 13.5. The lowest BCUT2D eigenvalue weighted by Crippen LogP contribution is -2.82. The van der Waals surface area contributed by atoms with E-state index < -0.39 is 45.1 Å². The van der Waals surface area contributed by atoms with E-state index in [0.29, 0.717) is 12.8 Å². The van der Waals surface area contributed by atoms with Crippen molar-refractivity contribution in [2.75, 3.05) is 6.61 Å². The number of halogens is 1. The van der Waals surface area contributed by atoms with Gasteiger partial charge in [-0.25, -0.2) is 0 Å². The van der Waals surface area contributed by atoms with Gasteiger partial charge in [0.2, 0.25) is 0 Å². The van der Waals surface area contributed by atoms with E-state index in [2.05, 4.69) is 15.9 Å². The summed E-state index contributed by atoms with van der Waals surface area (Å²) in [5.41, 5.74) is -0.828. The Kier molecular flexibility index (Phi) is 3.51. The average Bonchev–Trinajstić information content (AvgIpc) is 2.60. The Balaban J connectivity index is 1.75. The quantitative estimate of drug-likeness (QED) is 0.540. The maximum atomic E-state index is 13.5. The molecule has 0 aliphatic heterocycles. The lowest BCUT2D eigenvalue weighted by Gasteiger charge is -2.75. The highest BCUT2D eigenvalue weighted by atomic mass is 79.9. The van der Waals surface area contributed by atoms with Gasteiger partial charge in [-0.3, -0.25) is 9.59 Å². The summed E-state index contributed by atoms with van der Waals surface area (Å²) in [5.74, 6) is -0.994. The Morgan fingerprint density at radius 3 is 2.48 bits per heavy atom. The molecule has 5 nitrogen and oxygen atoms in total. The van der Waals surface area contributed by atoms with Crippen LogP contribution in [-0.2, 0) is 9.59 Å². The van der Waals surface area contributed by atoms with Crippen LogP contribution in [0.25, 0.3) is 0 Å². The normalized spacial score (nSPS) is 55.1. The fraction of sp³-hybridized carbons (Fsp3) is 0.810. The Bertz CT molecular complexity index is 802. The van der Waals surface area contributed by atoms with Crippen LogP contribution in [0.1, 0.15) is 40.0 Å². The molecule has 9 unspecified atom stereocenters. The number of allylic oxidation sites excluding steroid dienone is 2. The molecule has 0 bridgehead atoms. The van der Waals surface area contributed by atoms with Crippen LogP contribution in [0.2, 0.25) is 0 Å². The van der Waals surface area contributed by atoms with Gasteiger partial charge in [0, 0.05) is 11.8 Å². The number of ketones is 2. The molecule has 0 amide bonds. The molecule has 0 aromatic rings. The molecule has 148 valence electrons. The molecule has 1 spiro atoms. The highest BCUT2D eigenvalue weighted by Crippen LogP contribution is 2.77. The molecule has 0 saturated heterocycles. The highest BCUT2D eigenvalue weighted by molar-refractivity contribution is 9.10. The minimum atomic E-state index is -1.20. The number of fused-ring (bicyclic) bond motifs is 2. The molecule has 5 rings (SSSR count). The van der Waals surface area contributed by atoms with E-state index in [1.165, 1.54) is 0 Å². The number of alkyl halides is 1. The van der Waals surface area contributed by atoms with Crippen molar-refractivity contribution in [2.24, 2.45) is 39.9 Å². The average molecular weight is 439 g/mol. The fourth-order valence-corrected chi connectivity index (χ4v) is 9.53. The molecule has 0 radical (unpaired) electrons. The summed E-state index contributed by atoms with van der Waals surface area (Å²) in [5, 5.41) is 33.2. The van der Waals surface area contributed by atoms with E-state index in [0.717, 1.165) is 17.6 Å². The smallest absolute Gasteiger partial charge is 0.168 e. The number of carbonyl (C=O) groups is 2. The highest BCUT2D eigenvalue weighted by Gasteiger charge is 2.83. The maximum Gasteiger partial charge on any atom is 0.168 e. The van der Waals surface area contributed by atoms with Gasteiger partial charge < -0.3 is 15.3 Å². The molecule has 0 aromatic heterocycles. The second-order valence-corrected chi connectivity index (χ2v) is 11.3. The minimum Gasteiger partial charge on any atom is -0.395 e. The van der Waals surface area contributed by atoms with Gasteiger partial charge >= 0.3 is 0 Å². The van der Waals surface area contributed by atoms with Crippen LogP contribution in [0.15, 0.2) is 11.1 Å². The standard InChI is InChI=1S/C21H27BrO5/c1-8-9-4-5-11-20(7-23)15(19(2,3)6-10(22)16(20)25)14(24)18(27)21(11)13(9)12(8)17(21)26/h9-11,13-15,18,23-24,27H,4-7H2,1-3H3. The van der Waals surface area contributed by atoms with Crippen molar-refractivity contribution < 1.29 is 24.9 Å². The zero-order chi connectivity index (χ0) is 19.7. The summed E-state index contributed by atoms with van der Waals surface area (Å²) in [6.45, 7) is 5.58.